The van der Waals surface area contributed by atoms with Gasteiger partial charge in [0.25, 0.3) is 0 Å². The molecule has 0 atom stereocenters. The second kappa shape index (κ2) is 20.1. The molecule has 0 saturated heterocycles. The number of carbonyl (C=O) groups excluding carboxylic acids is 1. The zero-order valence-corrected chi connectivity index (χ0v) is 19.1. The first-order valence-electron chi connectivity index (χ1n) is 11.5. The van der Waals surface area contributed by atoms with E-state index in [1.165, 1.54) is 32.1 Å². The van der Waals surface area contributed by atoms with Crippen molar-refractivity contribution < 1.29 is 28.5 Å². The molecule has 0 unspecified atom stereocenters. The highest BCUT2D eigenvalue weighted by Crippen LogP contribution is 2.14. The van der Waals surface area contributed by atoms with Crippen LogP contribution in [0.25, 0.3) is 0 Å². The number of nitrogens with two attached hydrogens (primary N) is 1. The van der Waals surface area contributed by atoms with Gasteiger partial charge in [0.15, 0.2) is 0 Å². The molecule has 7 nitrogen and oxygen atoms in total. The lowest BCUT2D eigenvalue weighted by Gasteiger charge is -2.07. The number of hydrogen-bond acceptors (Lipinski definition) is 7. The largest absolute Gasteiger partial charge is 0.494 e. The minimum absolute atomic E-state index is 0.138. The lowest BCUT2D eigenvalue weighted by molar-refractivity contribution is -0.145. The summed E-state index contributed by atoms with van der Waals surface area (Å²) in [7, 11) is 1.64. The number of ether oxygens (including phenoxy) is 5. The van der Waals surface area contributed by atoms with Gasteiger partial charge in [-0.05, 0) is 37.1 Å². The first-order chi connectivity index (χ1) is 15.2. The Morgan fingerprint density at radius 2 is 1.26 bits per heavy atom. The van der Waals surface area contributed by atoms with Crippen LogP contribution in [0.3, 0.4) is 0 Å². The van der Waals surface area contributed by atoms with Crippen molar-refractivity contribution in [1.29, 1.82) is 0 Å². The summed E-state index contributed by atoms with van der Waals surface area (Å²) in [6, 6.07) is 7.52. The van der Waals surface area contributed by atoms with E-state index in [0.29, 0.717) is 46.1 Å². The van der Waals surface area contributed by atoms with Crippen LogP contribution >= 0.6 is 0 Å². The van der Waals surface area contributed by atoms with Crippen molar-refractivity contribution in [2.75, 3.05) is 59.1 Å². The first-order valence-corrected chi connectivity index (χ1v) is 11.5. The van der Waals surface area contributed by atoms with Crippen LogP contribution in [0.2, 0.25) is 0 Å². The van der Waals surface area contributed by atoms with Crippen LogP contribution in [-0.4, -0.2) is 59.3 Å². The van der Waals surface area contributed by atoms with E-state index in [4.69, 9.17) is 29.4 Å². The van der Waals surface area contributed by atoms with Crippen molar-refractivity contribution >= 4 is 11.7 Å². The van der Waals surface area contributed by atoms with E-state index in [1.54, 1.807) is 7.11 Å². The normalized spacial score (nSPS) is 10.9. The molecule has 2 N–H and O–H groups in total. The molecule has 31 heavy (non-hydrogen) atoms. The maximum absolute atomic E-state index is 11.7. The molecule has 1 aromatic rings. The van der Waals surface area contributed by atoms with E-state index < -0.39 is 0 Å². The highest BCUT2D eigenvalue weighted by molar-refractivity contribution is 5.69. The van der Waals surface area contributed by atoms with Crippen LogP contribution in [0.5, 0.6) is 5.75 Å². The van der Waals surface area contributed by atoms with Crippen molar-refractivity contribution in [3.05, 3.63) is 24.3 Å². The fourth-order valence-corrected chi connectivity index (χ4v) is 2.94. The van der Waals surface area contributed by atoms with Crippen LogP contribution in [0.4, 0.5) is 5.69 Å². The predicted molar refractivity (Wildman–Crippen MR) is 122 cm³/mol. The number of unbranched alkanes of at least 4 members (excludes halogenated alkanes) is 7. The lowest BCUT2D eigenvalue weighted by Crippen LogP contribution is -2.13. The highest BCUT2D eigenvalue weighted by Gasteiger charge is 2.02. The van der Waals surface area contributed by atoms with Crippen LogP contribution in [0.1, 0.15) is 57.8 Å². The van der Waals surface area contributed by atoms with Crippen LogP contribution in [-0.2, 0) is 23.7 Å². The summed E-state index contributed by atoms with van der Waals surface area (Å²) in [4.78, 5) is 11.7. The lowest BCUT2D eigenvalue weighted by atomic mass is 10.1. The number of esters is 1. The minimum atomic E-state index is -0.138. The Morgan fingerprint density at radius 1 is 0.710 bits per heavy atom. The number of hydrogen-bond donors (Lipinski definition) is 1. The number of nitrogen functional groups attached to an aromatic ring is 1. The van der Waals surface area contributed by atoms with Gasteiger partial charge in [-0.15, -0.1) is 0 Å². The molecule has 0 amide bonds. The van der Waals surface area contributed by atoms with Crippen molar-refractivity contribution in [2.45, 2.75) is 57.8 Å². The Morgan fingerprint density at radius 3 is 1.90 bits per heavy atom. The summed E-state index contributed by atoms with van der Waals surface area (Å²) < 4.78 is 26.3. The third-order valence-corrected chi connectivity index (χ3v) is 4.72. The molecule has 178 valence electrons. The van der Waals surface area contributed by atoms with Crippen LogP contribution in [0.15, 0.2) is 24.3 Å². The van der Waals surface area contributed by atoms with E-state index in [9.17, 15) is 4.79 Å². The molecule has 0 aliphatic heterocycles. The van der Waals surface area contributed by atoms with Gasteiger partial charge in [-0.1, -0.05) is 38.5 Å². The number of methoxy groups -OCH3 is 1. The third-order valence-electron chi connectivity index (χ3n) is 4.72. The first kappa shape index (κ1) is 27.2. The van der Waals surface area contributed by atoms with Crippen molar-refractivity contribution in [2.24, 2.45) is 0 Å². The molecule has 0 bridgehead atoms. The monoisotopic (exact) mass is 439 g/mol. The van der Waals surface area contributed by atoms with Crippen molar-refractivity contribution in [1.82, 2.24) is 0 Å². The molecule has 0 heterocycles. The standard InChI is InChI=1S/C24H41NO6/c1-27-16-17-28-18-19-29-20-21-31-24(26)10-8-6-4-2-3-5-7-9-15-30-23-13-11-22(25)12-14-23/h11-14H,2-10,15-21,25H2,1H3. The molecule has 0 saturated carbocycles. The Kier molecular flexibility index (Phi) is 17.6. The third kappa shape index (κ3) is 17.5. The topological polar surface area (TPSA) is 89.2 Å². The van der Waals surface area contributed by atoms with Crippen molar-refractivity contribution in [3.8, 4) is 5.75 Å². The van der Waals surface area contributed by atoms with E-state index >= 15 is 0 Å². The number of anilines is 1. The molecule has 0 radical (unpaired) electrons. The van der Waals surface area contributed by atoms with E-state index in [0.717, 1.165) is 37.3 Å². The Hall–Kier alpha value is -1.83. The maximum atomic E-state index is 11.7. The zero-order valence-electron chi connectivity index (χ0n) is 19.1. The fraction of sp³-hybridized carbons (Fsp3) is 0.708. The molecule has 0 fully saturated rings. The van der Waals surface area contributed by atoms with Gasteiger partial charge in [-0.2, -0.15) is 0 Å². The van der Waals surface area contributed by atoms with Gasteiger partial charge in [0.2, 0.25) is 0 Å². The average molecular weight is 440 g/mol. The van der Waals surface area contributed by atoms with Gasteiger partial charge in [0.05, 0.1) is 39.6 Å². The van der Waals surface area contributed by atoms with Crippen LogP contribution < -0.4 is 10.5 Å². The summed E-state index contributed by atoms with van der Waals surface area (Å²) >= 11 is 0. The minimum Gasteiger partial charge on any atom is -0.494 e. The molecular formula is C24H41NO6. The predicted octanol–water partition coefficient (Wildman–Crippen LogP) is 4.38. The summed E-state index contributed by atoms with van der Waals surface area (Å²) in [6.45, 7) is 3.63. The summed E-state index contributed by atoms with van der Waals surface area (Å²) in [5.41, 5.74) is 6.41. The summed E-state index contributed by atoms with van der Waals surface area (Å²) in [6.07, 6.45) is 9.55. The van der Waals surface area contributed by atoms with Gasteiger partial charge in [-0.25, -0.2) is 0 Å². The molecule has 1 aromatic carbocycles. The highest BCUT2D eigenvalue weighted by atomic mass is 16.6. The molecule has 0 aromatic heterocycles. The van der Waals surface area contributed by atoms with Crippen molar-refractivity contribution in [3.63, 3.8) is 0 Å². The summed E-state index contributed by atoms with van der Waals surface area (Å²) in [5, 5.41) is 0. The second-order valence-corrected chi connectivity index (χ2v) is 7.43. The Labute approximate surface area is 187 Å². The molecule has 1 rings (SSSR count). The summed E-state index contributed by atoms with van der Waals surface area (Å²) in [5.74, 6) is 0.740. The molecule has 0 aliphatic rings. The van der Waals surface area contributed by atoms with Gasteiger partial charge < -0.3 is 29.4 Å². The zero-order chi connectivity index (χ0) is 22.4. The number of rotatable bonds is 21. The van der Waals surface area contributed by atoms with E-state index in [-0.39, 0.29) is 5.97 Å². The molecular weight excluding hydrogens is 398 g/mol. The van der Waals surface area contributed by atoms with E-state index in [1.807, 2.05) is 24.3 Å². The average Bonchev–Trinajstić information content (AvgIpc) is 2.77. The van der Waals surface area contributed by atoms with Gasteiger partial charge in [-0.3, -0.25) is 4.79 Å². The van der Waals surface area contributed by atoms with Gasteiger partial charge in [0, 0.05) is 19.2 Å². The van der Waals surface area contributed by atoms with E-state index in [2.05, 4.69) is 0 Å². The van der Waals surface area contributed by atoms with Gasteiger partial charge >= 0.3 is 5.97 Å². The maximum Gasteiger partial charge on any atom is 0.305 e. The smallest absolute Gasteiger partial charge is 0.305 e. The molecule has 7 heteroatoms. The SMILES string of the molecule is COCCOCCOCCOC(=O)CCCCCCCCCCOc1ccc(N)cc1. The second-order valence-electron chi connectivity index (χ2n) is 7.43. The van der Waals surface area contributed by atoms with Crippen LogP contribution in [0, 0.1) is 0 Å². The molecule has 0 spiro atoms. The Balaban J connectivity index is 1.76. The fourth-order valence-electron chi connectivity index (χ4n) is 2.94. The molecule has 0 aliphatic carbocycles. The number of carbonyl (C=O) groups is 1. The number of benzene rings is 1. The quantitative estimate of drug-likeness (QED) is 0.173. The Bertz CT molecular complexity index is 537. The van der Waals surface area contributed by atoms with Gasteiger partial charge in [0.1, 0.15) is 12.4 Å².